The van der Waals surface area contributed by atoms with Crippen molar-refractivity contribution in [1.82, 2.24) is 4.57 Å². The molecule has 4 nitrogen and oxygen atoms in total. The lowest BCUT2D eigenvalue weighted by Gasteiger charge is -2.34. The topological polar surface area (TPSA) is 42.3 Å². The van der Waals surface area contributed by atoms with Gasteiger partial charge in [-0.1, -0.05) is 23.8 Å². The normalized spacial score (nSPS) is 21.9. The highest BCUT2D eigenvalue weighted by Crippen LogP contribution is 2.47. The number of aryl methyl sites for hydroxylation is 1. The second-order valence-corrected chi connectivity index (χ2v) is 7.25. The molecule has 4 heteroatoms. The molecule has 3 aromatic rings. The second kappa shape index (κ2) is 4.60. The number of carbonyl (C=O) groups excluding carboxylic acids is 2. The monoisotopic (exact) mass is 330 g/mol. The average Bonchev–Trinajstić information content (AvgIpc) is 3.10. The van der Waals surface area contributed by atoms with Gasteiger partial charge in [0.15, 0.2) is 0 Å². The zero-order valence-electron chi connectivity index (χ0n) is 14.2. The van der Waals surface area contributed by atoms with Gasteiger partial charge in [-0.3, -0.25) is 14.2 Å². The molecule has 2 aliphatic heterocycles. The van der Waals surface area contributed by atoms with Gasteiger partial charge in [0.2, 0.25) is 5.91 Å². The lowest BCUT2D eigenvalue weighted by Crippen LogP contribution is -2.41. The summed E-state index contributed by atoms with van der Waals surface area (Å²) in [5, 5.41) is 1.04. The largest absolute Gasteiger partial charge is 0.300 e. The van der Waals surface area contributed by atoms with Gasteiger partial charge in [-0.15, -0.1) is 0 Å². The molecule has 25 heavy (non-hydrogen) atoms. The van der Waals surface area contributed by atoms with E-state index in [2.05, 4.69) is 19.1 Å². The Balaban J connectivity index is 1.94. The number of amides is 1. The summed E-state index contributed by atoms with van der Waals surface area (Å²) in [6, 6.07) is 15.7. The number of aromatic nitrogens is 1. The summed E-state index contributed by atoms with van der Waals surface area (Å²) < 4.78 is 1.81. The van der Waals surface area contributed by atoms with Gasteiger partial charge in [0.25, 0.3) is 5.91 Å². The molecule has 0 saturated carbocycles. The fourth-order valence-corrected chi connectivity index (χ4v) is 4.41. The predicted molar refractivity (Wildman–Crippen MR) is 96.9 cm³/mol. The quantitative estimate of drug-likeness (QED) is 0.625. The van der Waals surface area contributed by atoms with Crippen molar-refractivity contribution < 1.29 is 9.59 Å². The lowest BCUT2D eigenvalue weighted by molar-refractivity contribution is -0.117. The van der Waals surface area contributed by atoms with Crippen LogP contribution in [0.1, 0.15) is 41.4 Å². The fraction of sp³-hybridized carbons (Fsp3) is 0.238. The van der Waals surface area contributed by atoms with Crippen LogP contribution in [-0.4, -0.2) is 16.4 Å². The molecule has 2 aromatic carbocycles. The number of hydrogen-bond acceptors (Lipinski definition) is 2. The van der Waals surface area contributed by atoms with Gasteiger partial charge in [-0.05, 0) is 50.6 Å². The number of carbonyl (C=O) groups is 2. The zero-order chi connectivity index (χ0) is 17.3. The average molecular weight is 330 g/mol. The Kier molecular flexibility index (Phi) is 2.66. The van der Waals surface area contributed by atoms with E-state index in [1.807, 2.05) is 52.8 Å². The van der Waals surface area contributed by atoms with Crippen molar-refractivity contribution in [3.63, 3.8) is 0 Å². The Morgan fingerprint density at radius 3 is 2.68 bits per heavy atom. The van der Waals surface area contributed by atoms with Crippen LogP contribution in [0.2, 0.25) is 0 Å². The first-order valence-corrected chi connectivity index (χ1v) is 8.60. The first kappa shape index (κ1) is 14.5. The van der Waals surface area contributed by atoms with Crippen LogP contribution in [0.4, 0.5) is 5.69 Å². The maximum atomic E-state index is 13.4. The molecule has 1 amide bonds. The Hall–Kier alpha value is -2.88. The SMILES string of the molecule is Cc1ccc2c(c1)cc1n2C(=O)c2ccccc2N2C(=O)CCC12C. The molecule has 0 aliphatic carbocycles. The number of nitrogens with zero attached hydrogens (tertiary/aromatic N) is 2. The minimum Gasteiger partial charge on any atom is -0.300 e. The van der Waals surface area contributed by atoms with Gasteiger partial charge in [0.1, 0.15) is 0 Å². The molecule has 0 radical (unpaired) electrons. The predicted octanol–water partition coefficient (Wildman–Crippen LogP) is 3.99. The Morgan fingerprint density at radius 2 is 1.84 bits per heavy atom. The van der Waals surface area contributed by atoms with Crippen LogP contribution in [0.5, 0.6) is 0 Å². The molecule has 0 spiro atoms. The second-order valence-electron chi connectivity index (χ2n) is 7.25. The van der Waals surface area contributed by atoms with Gasteiger partial charge in [0, 0.05) is 11.8 Å². The highest BCUT2D eigenvalue weighted by molar-refractivity contribution is 6.12. The Bertz CT molecular complexity index is 1080. The minimum atomic E-state index is -0.508. The maximum Gasteiger partial charge on any atom is 0.264 e. The summed E-state index contributed by atoms with van der Waals surface area (Å²) >= 11 is 0. The highest BCUT2D eigenvalue weighted by atomic mass is 16.2. The third-order valence-electron chi connectivity index (χ3n) is 5.66. The van der Waals surface area contributed by atoms with Crippen molar-refractivity contribution in [1.29, 1.82) is 0 Å². The van der Waals surface area contributed by atoms with Crippen LogP contribution in [0.25, 0.3) is 10.9 Å². The van der Waals surface area contributed by atoms with E-state index in [-0.39, 0.29) is 11.8 Å². The third-order valence-corrected chi connectivity index (χ3v) is 5.66. The van der Waals surface area contributed by atoms with E-state index in [4.69, 9.17) is 0 Å². The van der Waals surface area contributed by atoms with E-state index in [0.29, 0.717) is 18.4 Å². The molecule has 2 aliphatic rings. The summed E-state index contributed by atoms with van der Waals surface area (Å²) in [7, 11) is 0. The molecule has 0 N–H and O–H groups in total. The number of rotatable bonds is 0. The van der Waals surface area contributed by atoms with Gasteiger partial charge >= 0.3 is 0 Å². The number of benzene rings is 2. The summed E-state index contributed by atoms with van der Waals surface area (Å²) in [5.74, 6) is 0.0190. The number of hydrogen-bond donors (Lipinski definition) is 0. The molecular formula is C21H18N2O2. The molecule has 124 valence electrons. The zero-order valence-corrected chi connectivity index (χ0v) is 14.2. The molecular weight excluding hydrogens is 312 g/mol. The van der Waals surface area contributed by atoms with Crippen molar-refractivity contribution in [3.05, 3.63) is 65.4 Å². The number of anilines is 1. The summed E-state index contributed by atoms with van der Waals surface area (Å²) in [5.41, 5.74) is 3.77. The molecule has 1 fully saturated rings. The smallest absolute Gasteiger partial charge is 0.264 e. The van der Waals surface area contributed by atoms with Crippen molar-refractivity contribution >= 4 is 28.4 Å². The maximum absolute atomic E-state index is 13.4. The fourth-order valence-electron chi connectivity index (χ4n) is 4.41. The van der Waals surface area contributed by atoms with Crippen LogP contribution in [0.15, 0.2) is 48.5 Å². The molecule has 5 rings (SSSR count). The summed E-state index contributed by atoms with van der Waals surface area (Å²) in [6.45, 7) is 4.12. The van der Waals surface area contributed by atoms with E-state index in [9.17, 15) is 9.59 Å². The van der Waals surface area contributed by atoms with E-state index < -0.39 is 5.54 Å². The minimum absolute atomic E-state index is 0.0621. The Labute approximate surface area is 145 Å². The molecule has 0 bridgehead atoms. The van der Waals surface area contributed by atoms with E-state index in [1.165, 1.54) is 0 Å². The molecule has 3 heterocycles. The van der Waals surface area contributed by atoms with Crippen molar-refractivity contribution in [2.45, 2.75) is 32.2 Å². The van der Waals surface area contributed by atoms with Crippen molar-refractivity contribution in [2.75, 3.05) is 4.90 Å². The number of para-hydroxylation sites is 1. The third kappa shape index (κ3) is 1.71. The van der Waals surface area contributed by atoms with Crippen molar-refractivity contribution in [2.24, 2.45) is 0 Å². The molecule has 1 saturated heterocycles. The van der Waals surface area contributed by atoms with Gasteiger partial charge in [-0.25, -0.2) is 0 Å². The van der Waals surface area contributed by atoms with Crippen LogP contribution in [0, 0.1) is 6.92 Å². The first-order valence-electron chi connectivity index (χ1n) is 8.60. The molecule has 1 unspecified atom stereocenters. The van der Waals surface area contributed by atoms with Crippen LogP contribution < -0.4 is 4.90 Å². The van der Waals surface area contributed by atoms with Gasteiger partial charge < -0.3 is 4.90 Å². The van der Waals surface area contributed by atoms with Gasteiger partial charge in [0.05, 0.1) is 28.0 Å². The van der Waals surface area contributed by atoms with Crippen LogP contribution >= 0.6 is 0 Å². The highest BCUT2D eigenvalue weighted by Gasteiger charge is 2.49. The van der Waals surface area contributed by atoms with Gasteiger partial charge in [-0.2, -0.15) is 0 Å². The first-order chi connectivity index (χ1) is 12.0. The van der Waals surface area contributed by atoms with E-state index in [0.717, 1.165) is 27.8 Å². The lowest BCUT2D eigenvalue weighted by atomic mass is 9.94. The van der Waals surface area contributed by atoms with Crippen LogP contribution in [-0.2, 0) is 10.3 Å². The van der Waals surface area contributed by atoms with E-state index >= 15 is 0 Å². The van der Waals surface area contributed by atoms with Crippen LogP contribution in [0.3, 0.4) is 0 Å². The van der Waals surface area contributed by atoms with Crippen molar-refractivity contribution in [3.8, 4) is 0 Å². The summed E-state index contributed by atoms with van der Waals surface area (Å²) in [6.07, 6.45) is 1.21. The number of fused-ring (bicyclic) bond motifs is 7. The molecule has 1 atom stereocenters. The standard InChI is InChI=1S/C21H18N2O2/c1-13-7-8-16-14(11-13)12-18-21(2)10-9-19(24)23(21)17-6-4-3-5-15(17)20(25)22(16)18/h3-8,11-12H,9-10H2,1-2H3. The summed E-state index contributed by atoms with van der Waals surface area (Å²) in [4.78, 5) is 28.0. The Morgan fingerprint density at radius 1 is 1.04 bits per heavy atom. The van der Waals surface area contributed by atoms with E-state index in [1.54, 1.807) is 0 Å². The molecule has 1 aromatic heterocycles.